The second kappa shape index (κ2) is 3.79. The molecule has 3 nitrogen and oxygen atoms in total. The molecule has 0 radical (unpaired) electrons. The maximum atomic E-state index is 5.73. The van der Waals surface area contributed by atoms with Crippen molar-refractivity contribution in [2.75, 3.05) is 12.3 Å². The smallest absolute Gasteiger partial charge is 0.134 e. The van der Waals surface area contributed by atoms with Gasteiger partial charge >= 0.3 is 0 Å². The molecule has 0 fully saturated rings. The van der Waals surface area contributed by atoms with E-state index in [2.05, 4.69) is 11.1 Å². The molecule has 0 saturated carbocycles. The summed E-state index contributed by atoms with van der Waals surface area (Å²) in [5.41, 5.74) is 6.90. The average Bonchev–Trinajstić information content (AvgIpc) is 2.75. The Balaban J connectivity index is 1.88. The highest BCUT2D eigenvalue weighted by Crippen LogP contribution is 2.33. The lowest BCUT2D eigenvalue weighted by atomic mass is 9.97. The van der Waals surface area contributed by atoms with Crippen LogP contribution in [0.15, 0.2) is 29.6 Å². The quantitative estimate of drug-likeness (QED) is 0.821. The highest BCUT2D eigenvalue weighted by Gasteiger charge is 2.23. The van der Waals surface area contributed by atoms with Crippen molar-refractivity contribution < 1.29 is 4.74 Å². The maximum Gasteiger partial charge on any atom is 0.134 e. The summed E-state index contributed by atoms with van der Waals surface area (Å²) in [5, 5.41) is 2.96. The third-order valence-corrected chi connectivity index (χ3v) is 3.79. The Labute approximate surface area is 97.9 Å². The molecule has 0 spiro atoms. The second-order valence-corrected chi connectivity index (χ2v) is 4.82. The fraction of sp³-hybridized carbons (Fsp3) is 0.250. The first kappa shape index (κ1) is 9.66. The van der Waals surface area contributed by atoms with E-state index < -0.39 is 0 Å². The fourth-order valence-corrected chi connectivity index (χ4v) is 2.77. The van der Waals surface area contributed by atoms with Gasteiger partial charge in [0.2, 0.25) is 0 Å². The molecule has 1 aliphatic rings. The number of hydrogen-bond acceptors (Lipinski definition) is 4. The van der Waals surface area contributed by atoms with Crippen LogP contribution in [0.25, 0.3) is 0 Å². The van der Waals surface area contributed by atoms with Crippen LogP contribution in [0.4, 0.5) is 5.82 Å². The average molecular weight is 232 g/mol. The minimum absolute atomic E-state index is 0.345. The van der Waals surface area contributed by atoms with Crippen molar-refractivity contribution in [2.24, 2.45) is 0 Å². The zero-order chi connectivity index (χ0) is 11.0. The summed E-state index contributed by atoms with van der Waals surface area (Å²) in [7, 11) is 0. The number of hydrogen-bond donors (Lipinski definition) is 1. The van der Waals surface area contributed by atoms with E-state index in [9.17, 15) is 0 Å². The first-order chi connectivity index (χ1) is 7.83. The molecular weight excluding hydrogens is 220 g/mol. The summed E-state index contributed by atoms with van der Waals surface area (Å²) in [6.45, 7) is 0.698. The third-order valence-electron chi connectivity index (χ3n) is 2.77. The van der Waals surface area contributed by atoms with E-state index in [1.54, 1.807) is 11.3 Å². The fourth-order valence-electron chi connectivity index (χ4n) is 1.97. The molecule has 1 aliphatic heterocycles. The summed E-state index contributed by atoms with van der Waals surface area (Å²) in [6.07, 6.45) is 0.989. The number of benzene rings is 1. The lowest BCUT2D eigenvalue weighted by Gasteiger charge is -2.23. The van der Waals surface area contributed by atoms with Crippen LogP contribution in [0.2, 0.25) is 0 Å². The van der Waals surface area contributed by atoms with Gasteiger partial charge in [0.1, 0.15) is 16.6 Å². The van der Waals surface area contributed by atoms with Crippen LogP contribution in [0, 0.1) is 0 Å². The molecule has 2 aromatic rings. The number of thiazole rings is 1. The zero-order valence-electron chi connectivity index (χ0n) is 8.72. The Kier molecular flexibility index (Phi) is 2.29. The summed E-state index contributed by atoms with van der Waals surface area (Å²) in [6, 6.07) is 8.17. The second-order valence-electron chi connectivity index (χ2n) is 3.93. The number of rotatable bonds is 1. The van der Waals surface area contributed by atoms with Crippen molar-refractivity contribution in [3.05, 3.63) is 40.2 Å². The largest absolute Gasteiger partial charge is 0.493 e. The van der Waals surface area contributed by atoms with Gasteiger partial charge in [0.05, 0.1) is 6.61 Å². The number of fused-ring (bicyclic) bond motifs is 1. The number of aromatic nitrogens is 1. The normalized spacial score (nSPS) is 18.9. The Morgan fingerprint density at radius 3 is 3.06 bits per heavy atom. The highest BCUT2D eigenvalue weighted by atomic mass is 32.1. The van der Waals surface area contributed by atoms with E-state index in [-0.39, 0.29) is 0 Å². The van der Waals surface area contributed by atoms with Crippen molar-refractivity contribution in [3.63, 3.8) is 0 Å². The van der Waals surface area contributed by atoms with Crippen LogP contribution in [0.1, 0.15) is 16.5 Å². The number of para-hydroxylation sites is 1. The molecule has 0 aliphatic carbocycles. The number of nitrogens with zero attached hydrogens (tertiary/aromatic N) is 1. The van der Waals surface area contributed by atoms with Crippen molar-refractivity contribution >= 4 is 17.2 Å². The van der Waals surface area contributed by atoms with Gasteiger partial charge in [0, 0.05) is 11.3 Å². The van der Waals surface area contributed by atoms with E-state index in [0.717, 1.165) is 17.2 Å². The van der Waals surface area contributed by atoms with Gasteiger partial charge in [0.15, 0.2) is 0 Å². The molecular formula is C12H12N2OS. The van der Waals surface area contributed by atoms with Gasteiger partial charge in [-0.3, -0.25) is 0 Å². The van der Waals surface area contributed by atoms with Crippen LogP contribution in [0.5, 0.6) is 5.75 Å². The molecule has 3 rings (SSSR count). The number of nitrogen functional groups attached to an aromatic ring is 1. The lowest BCUT2D eigenvalue weighted by Crippen LogP contribution is -2.18. The molecule has 0 saturated heterocycles. The van der Waals surface area contributed by atoms with Gasteiger partial charge in [-0.1, -0.05) is 18.2 Å². The summed E-state index contributed by atoms with van der Waals surface area (Å²) in [4.78, 5) is 4.32. The Hall–Kier alpha value is -1.55. The van der Waals surface area contributed by atoms with Crippen LogP contribution >= 0.6 is 11.3 Å². The molecule has 4 heteroatoms. The lowest BCUT2D eigenvalue weighted by molar-refractivity contribution is 0.262. The topological polar surface area (TPSA) is 48.1 Å². The summed E-state index contributed by atoms with van der Waals surface area (Å²) >= 11 is 1.61. The summed E-state index contributed by atoms with van der Waals surface area (Å²) < 4.78 is 5.73. The van der Waals surface area contributed by atoms with Crippen LogP contribution in [-0.2, 0) is 6.42 Å². The monoisotopic (exact) mass is 232 g/mol. The van der Waals surface area contributed by atoms with Gasteiger partial charge in [0.25, 0.3) is 0 Å². The number of nitrogens with two attached hydrogens (primary N) is 1. The van der Waals surface area contributed by atoms with E-state index in [1.807, 2.05) is 23.6 Å². The minimum Gasteiger partial charge on any atom is -0.493 e. The molecule has 1 aromatic carbocycles. The summed E-state index contributed by atoms with van der Waals surface area (Å²) in [5.74, 6) is 1.96. The van der Waals surface area contributed by atoms with Crippen molar-refractivity contribution in [2.45, 2.75) is 12.3 Å². The van der Waals surface area contributed by atoms with E-state index >= 15 is 0 Å². The molecule has 1 atom stereocenters. The van der Waals surface area contributed by atoms with Gasteiger partial charge in [-0.2, -0.15) is 0 Å². The molecule has 0 bridgehead atoms. The SMILES string of the molecule is Nc1csc(C2COc3ccccc3C2)n1. The van der Waals surface area contributed by atoms with E-state index in [1.165, 1.54) is 5.56 Å². The molecule has 82 valence electrons. The van der Waals surface area contributed by atoms with E-state index in [0.29, 0.717) is 18.3 Å². The van der Waals surface area contributed by atoms with E-state index in [4.69, 9.17) is 10.5 Å². The first-order valence-corrected chi connectivity index (χ1v) is 6.12. The van der Waals surface area contributed by atoms with Gasteiger partial charge in [-0.05, 0) is 18.1 Å². The van der Waals surface area contributed by atoms with Crippen molar-refractivity contribution in [3.8, 4) is 5.75 Å². The molecule has 1 aromatic heterocycles. The molecule has 16 heavy (non-hydrogen) atoms. The van der Waals surface area contributed by atoms with Gasteiger partial charge in [-0.15, -0.1) is 11.3 Å². The Morgan fingerprint density at radius 2 is 2.25 bits per heavy atom. The van der Waals surface area contributed by atoms with Gasteiger partial charge < -0.3 is 10.5 Å². The first-order valence-electron chi connectivity index (χ1n) is 5.24. The molecule has 1 unspecified atom stereocenters. The van der Waals surface area contributed by atoms with Crippen LogP contribution < -0.4 is 10.5 Å². The zero-order valence-corrected chi connectivity index (χ0v) is 9.54. The van der Waals surface area contributed by atoms with Crippen LogP contribution in [-0.4, -0.2) is 11.6 Å². The predicted octanol–water partition coefficient (Wildman–Crippen LogP) is 2.44. The highest BCUT2D eigenvalue weighted by molar-refractivity contribution is 7.10. The van der Waals surface area contributed by atoms with Crippen LogP contribution in [0.3, 0.4) is 0 Å². The third kappa shape index (κ3) is 1.65. The van der Waals surface area contributed by atoms with Gasteiger partial charge in [-0.25, -0.2) is 4.98 Å². The maximum absolute atomic E-state index is 5.73. The molecule has 0 amide bonds. The number of ether oxygens (including phenoxy) is 1. The van der Waals surface area contributed by atoms with Crippen molar-refractivity contribution in [1.82, 2.24) is 4.98 Å². The molecule has 2 heterocycles. The Morgan fingerprint density at radius 1 is 1.38 bits per heavy atom. The molecule has 2 N–H and O–H groups in total. The number of anilines is 1. The minimum atomic E-state index is 0.345. The Bertz CT molecular complexity index is 509. The standard InChI is InChI=1S/C12H12N2OS/c13-11-7-16-12(14-11)9-5-8-3-1-2-4-10(8)15-6-9/h1-4,7,9H,5-6,13H2. The predicted molar refractivity (Wildman–Crippen MR) is 64.9 cm³/mol. The van der Waals surface area contributed by atoms with Crippen molar-refractivity contribution in [1.29, 1.82) is 0 Å².